The number of likely N-dealkylation sites (N-methyl/N-ethyl adjacent to an activating group) is 1. The van der Waals surface area contributed by atoms with E-state index in [2.05, 4.69) is 26.7 Å². The van der Waals surface area contributed by atoms with E-state index >= 15 is 0 Å². The molecular weight excluding hydrogens is 384 g/mol. The minimum absolute atomic E-state index is 0.381. The summed E-state index contributed by atoms with van der Waals surface area (Å²) in [4.78, 5) is 20.0. The van der Waals surface area contributed by atoms with Crippen molar-refractivity contribution in [1.29, 1.82) is 0 Å². The fourth-order valence-electron chi connectivity index (χ4n) is 3.61. The molecule has 0 amide bonds. The van der Waals surface area contributed by atoms with E-state index in [0.29, 0.717) is 11.5 Å². The van der Waals surface area contributed by atoms with Crippen molar-refractivity contribution in [1.82, 2.24) is 25.6 Å². The molecule has 7 nitrogen and oxygen atoms in total. The molecule has 0 saturated carbocycles. The molecule has 1 aliphatic rings. The molecule has 2 aromatic heterocycles. The van der Waals surface area contributed by atoms with Gasteiger partial charge in [-0.25, -0.2) is 4.98 Å². The third-order valence-corrected chi connectivity index (χ3v) is 6.16. The Morgan fingerprint density at radius 3 is 2.66 bits per heavy atom. The number of fused-ring (bicyclic) bond motifs is 2. The highest BCUT2D eigenvalue weighted by Gasteiger charge is 2.34. The number of rotatable bonds is 4. The lowest BCUT2D eigenvalue weighted by Gasteiger charge is -2.33. The van der Waals surface area contributed by atoms with E-state index in [9.17, 15) is 4.79 Å². The summed E-state index contributed by atoms with van der Waals surface area (Å²) in [5, 5.41) is 16.3. The molecule has 0 fully saturated rings. The highest BCUT2D eigenvalue weighted by Crippen LogP contribution is 2.49. The molecule has 2 aromatic carbocycles. The van der Waals surface area contributed by atoms with Crippen LogP contribution in [0.1, 0.15) is 17.2 Å². The van der Waals surface area contributed by atoms with Crippen LogP contribution in [0.4, 0.5) is 5.95 Å². The first-order chi connectivity index (χ1) is 14.3. The van der Waals surface area contributed by atoms with E-state index in [-0.39, 0.29) is 6.04 Å². The smallest absolute Gasteiger partial charge is 0.266 e. The van der Waals surface area contributed by atoms with Crippen molar-refractivity contribution in [3.05, 3.63) is 77.4 Å². The van der Waals surface area contributed by atoms with Crippen LogP contribution in [0.3, 0.4) is 0 Å². The number of hydrogen-bond acceptors (Lipinski definition) is 7. The fourth-order valence-corrected chi connectivity index (χ4v) is 4.77. The summed E-state index contributed by atoms with van der Waals surface area (Å²) in [7, 11) is 1.86. The van der Waals surface area contributed by atoms with Gasteiger partial charge in [0.15, 0.2) is 0 Å². The second-order valence-corrected chi connectivity index (χ2v) is 7.67. The van der Waals surface area contributed by atoms with Crippen molar-refractivity contribution in [2.75, 3.05) is 11.9 Å². The molecule has 4 aromatic rings. The van der Waals surface area contributed by atoms with Crippen molar-refractivity contribution in [3.63, 3.8) is 0 Å². The van der Waals surface area contributed by atoms with Gasteiger partial charge in [0.05, 0.1) is 11.6 Å². The first kappa shape index (κ1) is 17.6. The van der Waals surface area contributed by atoms with Crippen LogP contribution in [0, 0.1) is 0 Å². The number of carbonyl (C=O) groups is 1. The lowest BCUT2D eigenvalue weighted by molar-refractivity contribution is -0.105. The van der Waals surface area contributed by atoms with Gasteiger partial charge in [0.2, 0.25) is 0 Å². The summed E-state index contributed by atoms with van der Waals surface area (Å²) in [6.07, 6.45) is 0.925. The van der Waals surface area contributed by atoms with Gasteiger partial charge in [-0.15, -0.1) is 5.10 Å². The summed E-state index contributed by atoms with van der Waals surface area (Å²) in [5.74, 6) is 0.410. The van der Waals surface area contributed by atoms with Crippen molar-refractivity contribution >= 4 is 39.8 Å². The molecular formula is C21H16N6OS. The lowest BCUT2D eigenvalue weighted by Crippen LogP contribution is -2.30. The third-order valence-electron chi connectivity index (χ3n) is 4.97. The van der Waals surface area contributed by atoms with Gasteiger partial charge in [-0.2, -0.15) is 5.21 Å². The number of aldehydes is 1. The molecule has 0 radical (unpaired) electrons. The van der Waals surface area contributed by atoms with Crippen molar-refractivity contribution in [3.8, 4) is 0 Å². The molecule has 1 N–H and O–H groups in total. The molecule has 0 spiro atoms. The largest absolute Gasteiger partial charge is 0.330 e. The van der Waals surface area contributed by atoms with E-state index < -0.39 is 0 Å². The fraction of sp³-hybridized carbons (Fsp3) is 0.0952. The molecule has 3 heterocycles. The Labute approximate surface area is 170 Å². The average molecular weight is 400 g/mol. The molecule has 0 bridgehead atoms. The molecule has 1 atom stereocenters. The number of nitrogens with one attached hydrogen (secondary N) is 1. The Bertz CT molecular complexity index is 1220. The number of benzene rings is 2. The zero-order chi connectivity index (χ0) is 19.8. The normalized spacial score (nSPS) is 16.0. The number of pyridine rings is 1. The van der Waals surface area contributed by atoms with Gasteiger partial charge in [0.1, 0.15) is 11.3 Å². The van der Waals surface area contributed by atoms with Crippen LogP contribution in [0.2, 0.25) is 0 Å². The van der Waals surface area contributed by atoms with Crippen LogP contribution in [0.15, 0.2) is 71.3 Å². The van der Waals surface area contributed by atoms with Gasteiger partial charge in [-0.1, -0.05) is 65.4 Å². The maximum atomic E-state index is 12.3. The Morgan fingerprint density at radius 1 is 1.10 bits per heavy atom. The predicted molar refractivity (Wildman–Crippen MR) is 112 cm³/mol. The highest BCUT2D eigenvalue weighted by molar-refractivity contribution is 8.08. The third kappa shape index (κ3) is 2.98. The zero-order valence-electron chi connectivity index (χ0n) is 15.5. The molecule has 29 heavy (non-hydrogen) atoms. The number of carbonyl (C=O) groups excluding carboxylic acids is 1. The number of hydrogen-bond donors (Lipinski definition) is 1. The Balaban J connectivity index is 1.76. The number of H-pyrrole nitrogens is 1. The van der Waals surface area contributed by atoms with Crippen molar-refractivity contribution in [2.45, 2.75) is 11.1 Å². The molecule has 0 aliphatic carbocycles. The van der Waals surface area contributed by atoms with Crippen LogP contribution in [-0.2, 0) is 4.79 Å². The van der Waals surface area contributed by atoms with E-state index in [0.717, 1.165) is 38.2 Å². The van der Waals surface area contributed by atoms with E-state index in [1.807, 2.05) is 66.5 Å². The van der Waals surface area contributed by atoms with E-state index in [1.165, 1.54) is 11.8 Å². The zero-order valence-corrected chi connectivity index (χ0v) is 16.3. The number of thioether (sulfide) groups is 1. The second kappa shape index (κ2) is 7.14. The monoisotopic (exact) mass is 400 g/mol. The summed E-state index contributed by atoms with van der Waals surface area (Å²) in [6.45, 7) is 0. The number of nitrogens with zero attached hydrogens (tertiary/aromatic N) is 5. The molecule has 1 unspecified atom stereocenters. The summed E-state index contributed by atoms with van der Waals surface area (Å²) >= 11 is 1.52. The molecule has 5 rings (SSSR count). The molecule has 1 aliphatic heterocycles. The van der Waals surface area contributed by atoms with Crippen molar-refractivity contribution < 1.29 is 4.79 Å². The lowest BCUT2D eigenvalue weighted by atomic mass is 9.95. The van der Waals surface area contributed by atoms with Crippen LogP contribution < -0.4 is 4.90 Å². The topological polar surface area (TPSA) is 87.7 Å². The summed E-state index contributed by atoms with van der Waals surface area (Å²) in [5.41, 5.74) is 3.49. The second-order valence-electron chi connectivity index (χ2n) is 6.67. The Hall–Kier alpha value is -3.52. The van der Waals surface area contributed by atoms with E-state index in [4.69, 9.17) is 4.98 Å². The van der Waals surface area contributed by atoms with Gasteiger partial charge < -0.3 is 4.90 Å². The Kier molecular flexibility index (Phi) is 4.33. The van der Waals surface area contributed by atoms with Gasteiger partial charge in [0.25, 0.3) is 5.95 Å². The number of anilines is 1. The van der Waals surface area contributed by atoms with Crippen LogP contribution in [0.25, 0.3) is 15.8 Å². The minimum atomic E-state index is -0.381. The number of para-hydroxylation sites is 1. The van der Waals surface area contributed by atoms with Crippen LogP contribution in [-0.4, -0.2) is 38.9 Å². The van der Waals surface area contributed by atoms with E-state index in [1.54, 1.807) is 0 Å². The first-order valence-corrected chi connectivity index (χ1v) is 9.86. The summed E-state index contributed by atoms with van der Waals surface area (Å²) in [6, 6.07) is 19.6. The van der Waals surface area contributed by atoms with Crippen LogP contribution in [0.5, 0.6) is 0 Å². The number of tetrazole rings is 1. The van der Waals surface area contributed by atoms with Gasteiger partial charge in [-0.05, 0) is 22.9 Å². The Morgan fingerprint density at radius 2 is 1.90 bits per heavy atom. The SMILES string of the molecule is CN(c1nn[nH]n1)C1C(C=O)=C(c2ccccc2)Sc2nc3ccccc3cc21. The standard InChI is InChI=1S/C21H16N6OS/c1-27(21-23-25-26-24-21)18-15-11-14-9-5-6-10-17(14)22-20(15)29-19(16(18)12-28)13-7-3-2-4-8-13/h2-12,18H,1H3,(H,23,24,25,26). The maximum Gasteiger partial charge on any atom is 0.266 e. The average Bonchev–Trinajstić information content (AvgIpc) is 3.31. The minimum Gasteiger partial charge on any atom is -0.330 e. The number of aromatic nitrogens is 5. The number of aromatic amines is 1. The summed E-state index contributed by atoms with van der Waals surface area (Å²) < 4.78 is 0. The van der Waals surface area contributed by atoms with Gasteiger partial charge in [0, 0.05) is 28.5 Å². The molecule has 142 valence electrons. The maximum absolute atomic E-state index is 12.3. The highest BCUT2D eigenvalue weighted by atomic mass is 32.2. The molecule has 0 saturated heterocycles. The quantitative estimate of drug-likeness (QED) is 0.523. The predicted octanol–water partition coefficient (Wildman–Crippen LogP) is 3.64. The first-order valence-electron chi connectivity index (χ1n) is 9.05. The van der Waals surface area contributed by atoms with Gasteiger partial charge in [-0.3, -0.25) is 4.79 Å². The van der Waals surface area contributed by atoms with Gasteiger partial charge >= 0.3 is 0 Å². The van der Waals surface area contributed by atoms with Crippen LogP contribution >= 0.6 is 11.8 Å². The van der Waals surface area contributed by atoms with Crippen molar-refractivity contribution in [2.24, 2.45) is 0 Å². The molecule has 8 heteroatoms.